The lowest BCUT2D eigenvalue weighted by Crippen LogP contribution is -2.46. The lowest BCUT2D eigenvalue weighted by Gasteiger charge is -2.32. The van der Waals surface area contributed by atoms with Gasteiger partial charge in [0.05, 0.1) is 6.54 Å². The van der Waals surface area contributed by atoms with Crippen molar-refractivity contribution in [1.82, 2.24) is 5.32 Å². The molecule has 1 fully saturated rings. The van der Waals surface area contributed by atoms with Crippen molar-refractivity contribution in [3.63, 3.8) is 0 Å². The molecule has 0 aromatic heterocycles. The van der Waals surface area contributed by atoms with Crippen LogP contribution < -0.4 is 5.32 Å². The molecule has 1 N–H and O–H groups in total. The van der Waals surface area contributed by atoms with Gasteiger partial charge in [0, 0.05) is 5.92 Å². The van der Waals surface area contributed by atoms with Crippen molar-refractivity contribution in [3.05, 3.63) is 0 Å². The number of rotatable bonds is 3. The van der Waals surface area contributed by atoms with Crippen molar-refractivity contribution in [2.75, 3.05) is 13.1 Å². The molecule has 0 saturated carbocycles. The summed E-state index contributed by atoms with van der Waals surface area (Å²) in [5.41, 5.74) is 0. The highest BCUT2D eigenvalue weighted by Gasteiger charge is 2.40. The Hall–Kier alpha value is -0.180. The topological polar surface area (TPSA) is 12.0 Å². The predicted molar refractivity (Wildman–Crippen MR) is 50.0 cm³/mol. The Bertz CT molecular complexity index is 157. The van der Waals surface area contributed by atoms with E-state index < -0.39 is 11.8 Å². The molecule has 1 rings (SSSR count). The fourth-order valence-electron chi connectivity index (χ4n) is 1.78. The molecule has 1 nitrogen and oxygen atoms in total. The van der Waals surface area contributed by atoms with Crippen LogP contribution in [0.5, 0.6) is 0 Å². The van der Waals surface area contributed by atoms with Crippen molar-refractivity contribution in [2.24, 2.45) is 11.8 Å². The summed E-state index contributed by atoms with van der Waals surface area (Å²) in [6, 6.07) is 0. The second-order valence-electron chi connectivity index (χ2n) is 4.39. The zero-order valence-electron chi connectivity index (χ0n) is 8.45. The monoisotopic (exact) mass is 191 g/mol. The maximum Gasteiger partial charge on any atom is 0.263 e. The molecule has 1 aliphatic rings. The summed E-state index contributed by atoms with van der Waals surface area (Å²) < 4.78 is 26.5. The van der Waals surface area contributed by atoms with Gasteiger partial charge in [0.1, 0.15) is 0 Å². The molecule has 1 unspecified atom stereocenters. The highest BCUT2D eigenvalue weighted by atomic mass is 19.3. The van der Waals surface area contributed by atoms with Gasteiger partial charge >= 0.3 is 0 Å². The maximum atomic E-state index is 13.3. The molecule has 1 atom stereocenters. The maximum absolute atomic E-state index is 13.3. The molecule has 1 saturated heterocycles. The summed E-state index contributed by atoms with van der Waals surface area (Å²) in [7, 11) is 0. The minimum absolute atomic E-state index is 0.129. The van der Waals surface area contributed by atoms with E-state index in [0.717, 1.165) is 13.0 Å². The number of nitrogens with one attached hydrogen (secondary N) is 1. The fourth-order valence-corrected chi connectivity index (χ4v) is 1.78. The quantitative estimate of drug-likeness (QED) is 0.723. The Labute approximate surface area is 78.9 Å². The van der Waals surface area contributed by atoms with Gasteiger partial charge in [-0.15, -0.1) is 0 Å². The van der Waals surface area contributed by atoms with E-state index >= 15 is 0 Å². The second kappa shape index (κ2) is 4.36. The molecular weight excluding hydrogens is 172 g/mol. The predicted octanol–water partition coefficient (Wildman–Crippen LogP) is 2.67. The molecule has 1 heterocycles. The molecule has 0 aromatic rings. The summed E-state index contributed by atoms with van der Waals surface area (Å²) in [6.45, 7) is 4.78. The SMILES string of the molecule is CC(C)CCC1CCNCC1(F)F. The molecule has 0 radical (unpaired) electrons. The molecule has 0 amide bonds. The van der Waals surface area contributed by atoms with Crippen molar-refractivity contribution in [3.8, 4) is 0 Å². The standard InChI is InChI=1S/C10H19F2N/c1-8(2)3-4-9-5-6-13-7-10(9,11)12/h8-9,13H,3-7H2,1-2H3. The molecule has 13 heavy (non-hydrogen) atoms. The first kappa shape index (κ1) is 10.9. The van der Waals surface area contributed by atoms with Gasteiger partial charge in [0.15, 0.2) is 0 Å². The van der Waals surface area contributed by atoms with Crippen LogP contribution in [0.1, 0.15) is 33.1 Å². The largest absolute Gasteiger partial charge is 0.311 e. The third-order valence-electron chi connectivity index (χ3n) is 2.72. The van der Waals surface area contributed by atoms with Crippen molar-refractivity contribution in [1.29, 1.82) is 0 Å². The van der Waals surface area contributed by atoms with E-state index in [4.69, 9.17) is 0 Å². The number of hydrogen-bond donors (Lipinski definition) is 1. The van der Waals surface area contributed by atoms with Gasteiger partial charge in [0.2, 0.25) is 0 Å². The van der Waals surface area contributed by atoms with Gasteiger partial charge in [-0.05, 0) is 25.3 Å². The van der Waals surface area contributed by atoms with Crippen molar-refractivity contribution >= 4 is 0 Å². The molecule has 78 valence electrons. The van der Waals surface area contributed by atoms with Gasteiger partial charge in [-0.2, -0.15) is 0 Å². The number of piperidine rings is 1. The number of hydrogen-bond acceptors (Lipinski definition) is 1. The molecule has 3 heteroatoms. The van der Waals surface area contributed by atoms with E-state index in [9.17, 15) is 8.78 Å². The Morgan fingerprint density at radius 3 is 2.69 bits per heavy atom. The lowest BCUT2D eigenvalue weighted by atomic mass is 9.87. The van der Waals surface area contributed by atoms with Crippen LogP contribution in [0.15, 0.2) is 0 Å². The Morgan fingerprint density at radius 2 is 2.15 bits per heavy atom. The van der Waals surface area contributed by atoms with Crippen LogP contribution in [-0.2, 0) is 0 Å². The summed E-state index contributed by atoms with van der Waals surface area (Å²) in [4.78, 5) is 0. The summed E-state index contributed by atoms with van der Waals surface area (Å²) in [5.74, 6) is -2.34. The van der Waals surface area contributed by atoms with Crippen LogP contribution in [0.4, 0.5) is 8.78 Å². The number of alkyl halides is 2. The molecule has 0 aromatic carbocycles. The van der Waals surface area contributed by atoms with E-state index in [1.54, 1.807) is 0 Å². The lowest BCUT2D eigenvalue weighted by molar-refractivity contribution is -0.0772. The first-order valence-corrected chi connectivity index (χ1v) is 5.11. The first-order valence-electron chi connectivity index (χ1n) is 5.11. The van der Waals surface area contributed by atoms with Gasteiger partial charge in [0.25, 0.3) is 5.92 Å². The third kappa shape index (κ3) is 3.22. The normalized spacial score (nSPS) is 27.9. The van der Waals surface area contributed by atoms with Crippen LogP contribution in [0.2, 0.25) is 0 Å². The average Bonchev–Trinajstić information content (AvgIpc) is 2.01. The van der Waals surface area contributed by atoms with Crippen molar-refractivity contribution < 1.29 is 8.78 Å². The van der Waals surface area contributed by atoms with E-state index in [-0.39, 0.29) is 6.54 Å². The Balaban J connectivity index is 2.37. The molecule has 1 aliphatic heterocycles. The molecule has 0 spiro atoms. The van der Waals surface area contributed by atoms with E-state index in [2.05, 4.69) is 19.2 Å². The highest BCUT2D eigenvalue weighted by molar-refractivity contribution is 4.84. The number of halogens is 2. The average molecular weight is 191 g/mol. The molecular formula is C10H19F2N. The first-order chi connectivity index (χ1) is 6.02. The summed E-state index contributed by atoms with van der Waals surface area (Å²) >= 11 is 0. The minimum Gasteiger partial charge on any atom is -0.311 e. The van der Waals surface area contributed by atoms with Crippen LogP contribution in [0.3, 0.4) is 0 Å². The van der Waals surface area contributed by atoms with E-state index in [0.29, 0.717) is 18.8 Å². The second-order valence-corrected chi connectivity index (χ2v) is 4.39. The smallest absolute Gasteiger partial charge is 0.263 e. The van der Waals surface area contributed by atoms with Crippen LogP contribution in [0.25, 0.3) is 0 Å². The molecule has 0 bridgehead atoms. The van der Waals surface area contributed by atoms with Crippen molar-refractivity contribution in [2.45, 2.75) is 39.0 Å². The van der Waals surface area contributed by atoms with Crippen LogP contribution in [-0.4, -0.2) is 19.0 Å². The van der Waals surface area contributed by atoms with Crippen LogP contribution in [0, 0.1) is 11.8 Å². The van der Waals surface area contributed by atoms with E-state index in [1.807, 2.05) is 0 Å². The Morgan fingerprint density at radius 1 is 1.46 bits per heavy atom. The summed E-state index contributed by atoms with van der Waals surface area (Å²) in [6.07, 6.45) is 2.21. The third-order valence-corrected chi connectivity index (χ3v) is 2.72. The zero-order chi connectivity index (χ0) is 9.90. The minimum atomic E-state index is -2.48. The van der Waals surface area contributed by atoms with Crippen LogP contribution >= 0.6 is 0 Å². The Kier molecular flexibility index (Phi) is 3.65. The fraction of sp³-hybridized carbons (Fsp3) is 1.00. The molecule has 0 aliphatic carbocycles. The van der Waals surface area contributed by atoms with Gasteiger partial charge in [-0.1, -0.05) is 20.3 Å². The van der Waals surface area contributed by atoms with Gasteiger partial charge in [-0.25, -0.2) is 8.78 Å². The van der Waals surface area contributed by atoms with Gasteiger partial charge in [-0.3, -0.25) is 0 Å². The van der Waals surface area contributed by atoms with Gasteiger partial charge < -0.3 is 5.32 Å². The highest BCUT2D eigenvalue weighted by Crippen LogP contribution is 2.33. The summed E-state index contributed by atoms with van der Waals surface area (Å²) in [5, 5.41) is 2.74. The zero-order valence-corrected chi connectivity index (χ0v) is 8.45. The van der Waals surface area contributed by atoms with E-state index in [1.165, 1.54) is 0 Å².